The highest BCUT2D eigenvalue weighted by molar-refractivity contribution is 6.17. The fraction of sp³-hybridized carbons (Fsp3) is 0.875. The fourth-order valence-electron chi connectivity index (χ4n) is 1.14. The van der Waals surface area contributed by atoms with Crippen LogP contribution in [0.2, 0.25) is 0 Å². The van der Waals surface area contributed by atoms with Gasteiger partial charge in [0.15, 0.2) is 6.07 Å². The summed E-state index contributed by atoms with van der Waals surface area (Å²) in [6.45, 7) is 7.76. The molecule has 0 aliphatic rings. The lowest BCUT2D eigenvalue weighted by Crippen LogP contribution is -2.42. The van der Waals surface area contributed by atoms with E-state index in [4.69, 9.17) is 11.6 Å². The molecule has 0 saturated carbocycles. The number of hydrogen-bond donors (Lipinski definition) is 0. The highest BCUT2D eigenvalue weighted by atomic mass is 35.5. The Morgan fingerprint density at radius 3 is 2.00 bits per heavy atom. The van der Waals surface area contributed by atoms with Crippen molar-refractivity contribution in [1.82, 2.24) is 4.90 Å². The van der Waals surface area contributed by atoms with Gasteiger partial charge in [0.1, 0.15) is 0 Å². The molecule has 0 atom stereocenters. The van der Waals surface area contributed by atoms with Crippen LogP contribution in [-0.4, -0.2) is 29.1 Å². The highest BCUT2D eigenvalue weighted by Crippen LogP contribution is 2.07. The second-order valence-corrected chi connectivity index (χ2v) is 3.33. The van der Waals surface area contributed by atoms with Crippen molar-refractivity contribution in [3.8, 4) is 0 Å². The summed E-state index contributed by atoms with van der Waals surface area (Å²) < 4.78 is 4.68. The van der Waals surface area contributed by atoms with Crippen molar-refractivity contribution in [2.45, 2.75) is 39.8 Å². The maximum atomic E-state index is 11.2. The van der Waals surface area contributed by atoms with Crippen LogP contribution in [0.25, 0.3) is 0 Å². The predicted molar refractivity (Wildman–Crippen MR) is 49.3 cm³/mol. The van der Waals surface area contributed by atoms with Crippen molar-refractivity contribution in [3.63, 3.8) is 0 Å². The maximum Gasteiger partial charge on any atom is 0.411 e. The molecule has 0 aliphatic heterocycles. The predicted octanol–water partition coefficient (Wildman–Crippen LogP) is 2.44. The monoisotopic (exact) mass is 193 g/mol. The summed E-state index contributed by atoms with van der Waals surface area (Å²) in [5.74, 6) is 0. The quantitative estimate of drug-likeness (QED) is 0.645. The molecule has 0 aromatic heterocycles. The third-order valence-electron chi connectivity index (χ3n) is 1.50. The number of rotatable bonds is 3. The molecule has 0 N–H and O–H groups in total. The molecule has 72 valence electrons. The molecule has 0 radical (unpaired) electrons. The van der Waals surface area contributed by atoms with Crippen LogP contribution in [0.5, 0.6) is 0 Å². The van der Waals surface area contributed by atoms with Crippen molar-refractivity contribution in [3.05, 3.63) is 0 Å². The second-order valence-electron chi connectivity index (χ2n) is 3.11. The molecule has 0 aromatic rings. The summed E-state index contributed by atoms with van der Waals surface area (Å²) in [6, 6.07) is 0.191. The zero-order valence-corrected chi connectivity index (χ0v) is 8.76. The van der Waals surface area contributed by atoms with Gasteiger partial charge in [-0.15, -0.1) is 0 Å². The minimum Gasteiger partial charge on any atom is -0.433 e. The summed E-state index contributed by atoms with van der Waals surface area (Å²) in [7, 11) is 0. The average Bonchev–Trinajstić information content (AvgIpc) is 1.85. The zero-order chi connectivity index (χ0) is 9.72. The number of halogens is 1. The Labute approximate surface area is 78.6 Å². The summed E-state index contributed by atoms with van der Waals surface area (Å²) in [5.41, 5.74) is 0. The molecule has 0 aliphatic carbocycles. The number of hydrogen-bond acceptors (Lipinski definition) is 2. The van der Waals surface area contributed by atoms with Crippen molar-refractivity contribution >= 4 is 17.7 Å². The number of amides is 1. The molecule has 12 heavy (non-hydrogen) atoms. The van der Waals surface area contributed by atoms with Crippen LogP contribution in [0.1, 0.15) is 27.7 Å². The Morgan fingerprint density at radius 1 is 1.33 bits per heavy atom. The van der Waals surface area contributed by atoms with E-state index in [9.17, 15) is 4.79 Å². The van der Waals surface area contributed by atoms with Crippen molar-refractivity contribution in [2.75, 3.05) is 6.07 Å². The van der Waals surface area contributed by atoms with Gasteiger partial charge in [-0.25, -0.2) is 4.79 Å². The van der Waals surface area contributed by atoms with Gasteiger partial charge in [0.2, 0.25) is 0 Å². The average molecular weight is 194 g/mol. The molecule has 4 heteroatoms. The Hall–Kier alpha value is -0.440. The van der Waals surface area contributed by atoms with Crippen LogP contribution in [0.4, 0.5) is 4.79 Å². The molecule has 1 amide bonds. The van der Waals surface area contributed by atoms with E-state index in [2.05, 4.69) is 4.74 Å². The van der Waals surface area contributed by atoms with Gasteiger partial charge in [0, 0.05) is 12.1 Å². The van der Waals surface area contributed by atoms with Crippen LogP contribution in [0, 0.1) is 0 Å². The molecular formula is C8H16ClNO2. The first-order chi connectivity index (χ1) is 5.50. The molecule has 0 rings (SSSR count). The maximum absolute atomic E-state index is 11.2. The number of carbonyl (C=O) groups excluding carboxylic acids is 1. The van der Waals surface area contributed by atoms with Crippen LogP contribution in [0.15, 0.2) is 0 Å². The van der Waals surface area contributed by atoms with Gasteiger partial charge in [-0.2, -0.15) is 0 Å². The normalized spacial score (nSPS) is 10.6. The summed E-state index contributed by atoms with van der Waals surface area (Å²) in [5, 5.41) is 0. The van der Waals surface area contributed by atoms with E-state index < -0.39 is 0 Å². The van der Waals surface area contributed by atoms with Gasteiger partial charge in [-0.05, 0) is 27.7 Å². The van der Waals surface area contributed by atoms with E-state index in [1.807, 2.05) is 27.7 Å². The number of nitrogens with zero attached hydrogens (tertiary/aromatic N) is 1. The van der Waals surface area contributed by atoms with Crippen molar-refractivity contribution < 1.29 is 9.53 Å². The summed E-state index contributed by atoms with van der Waals surface area (Å²) in [6.07, 6.45) is -0.352. The first-order valence-corrected chi connectivity index (χ1v) is 4.55. The van der Waals surface area contributed by atoms with E-state index in [1.165, 1.54) is 0 Å². The zero-order valence-electron chi connectivity index (χ0n) is 8.00. The largest absolute Gasteiger partial charge is 0.433 e. The first kappa shape index (κ1) is 11.6. The minimum atomic E-state index is -0.352. The van der Waals surface area contributed by atoms with Crippen molar-refractivity contribution in [1.29, 1.82) is 0 Å². The van der Waals surface area contributed by atoms with E-state index >= 15 is 0 Å². The van der Waals surface area contributed by atoms with Gasteiger partial charge in [-0.1, -0.05) is 11.6 Å². The number of ether oxygens (including phenoxy) is 1. The Morgan fingerprint density at radius 2 is 1.75 bits per heavy atom. The van der Waals surface area contributed by atoms with Gasteiger partial charge in [-0.3, -0.25) is 0 Å². The highest BCUT2D eigenvalue weighted by Gasteiger charge is 2.20. The Balaban J connectivity index is 4.20. The number of carbonyl (C=O) groups is 1. The molecule has 0 aromatic carbocycles. The van der Waals surface area contributed by atoms with Gasteiger partial charge < -0.3 is 9.64 Å². The Bertz CT molecular complexity index is 140. The minimum absolute atomic E-state index is 0.0885. The summed E-state index contributed by atoms with van der Waals surface area (Å²) in [4.78, 5) is 12.9. The lowest BCUT2D eigenvalue weighted by molar-refractivity contribution is 0.0922. The first-order valence-electron chi connectivity index (χ1n) is 4.01. The second kappa shape index (κ2) is 5.25. The standard InChI is InChI=1S/C8H16ClNO2/c1-6(2)10(7(3)4)8(11)12-5-9/h6-7H,5H2,1-4H3. The van der Waals surface area contributed by atoms with E-state index in [0.717, 1.165) is 0 Å². The Kier molecular flexibility index (Phi) is 5.06. The molecule has 0 saturated heterocycles. The van der Waals surface area contributed by atoms with E-state index in [1.54, 1.807) is 4.90 Å². The smallest absolute Gasteiger partial charge is 0.411 e. The third kappa shape index (κ3) is 3.30. The third-order valence-corrected chi connectivity index (χ3v) is 1.61. The van der Waals surface area contributed by atoms with Gasteiger partial charge >= 0.3 is 6.09 Å². The van der Waals surface area contributed by atoms with Gasteiger partial charge in [0.05, 0.1) is 0 Å². The van der Waals surface area contributed by atoms with Crippen LogP contribution in [0.3, 0.4) is 0 Å². The summed E-state index contributed by atoms with van der Waals surface area (Å²) >= 11 is 5.28. The number of alkyl halides is 1. The molecule has 0 unspecified atom stereocenters. The molecule has 0 spiro atoms. The van der Waals surface area contributed by atoms with E-state index in [-0.39, 0.29) is 24.2 Å². The molecule has 0 fully saturated rings. The van der Waals surface area contributed by atoms with E-state index in [0.29, 0.717) is 0 Å². The molecule has 0 heterocycles. The van der Waals surface area contributed by atoms with Crippen LogP contribution < -0.4 is 0 Å². The molecular weight excluding hydrogens is 178 g/mol. The SMILES string of the molecule is CC(C)N(C(=O)OCCl)C(C)C. The van der Waals surface area contributed by atoms with Crippen LogP contribution in [-0.2, 0) is 4.74 Å². The lowest BCUT2D eigenvalue weighted by Gasteiger charge is -2.29. The fourth-order valence-corrected chi connectivity index (χ4v) is 1.23. The molecule has 0 bridgehead atoms. The lowest BCUT2D eigenvalue weighted by atomic mass is 10.2. The van der Waals surface area contributed by atoms with Crippen molar-refractivity contribution in [2.24, 2.45) is 0 Å². The topological polar surface area (TPSA) is 29.5 Å². The molecule has 3 nitrogen and oxygen atoms in total. The van der Waals surface area contributed by atoms with Gasteiger partial charge in [0.25, 0.3) is 0 Å². The van der Waals surface area contributed by atoms with Crippen LogP contribution >= 0.6 is 11.6 Å².